The molecule has 132 valence electrons. The van der Waals surface area contributed by atoms with Crippen molar-refractivity contribution in [1.29, 1.82) is 0 Å². The molecule has 1 atom stereocenters. The molecular weight excluding hydrogens is 332 g/mol. The van der Waals surface area contributed by atoms with Gasteiger partial charge in [0.15, 0.2) is 5.96 Å². The van der Waals surface area contributed by atoms with Crippen LogP contribution in [0.5, 0.6) is 0 Å². The molecule has 0 saturated heterocycles. The molecule has 1 heterocycles. The Morgan fingerprint density at radius 2 is 2.13 bits per heavy atom. The molecule has 0 saturated carbocycles. The lowest BCUT2D eigenvalue weighted by atomic mass is 10.1. The van der Waals surface area contributed by atoms with Gasteiger partial charge in [-0.3, -0.25) is 4.99 Å². The number of rotatable bonds is 10. The van der Waals surface area contributed by atoms with Crippen LogP contribution in [0.25, 0.3) is 0 Å². The van der Waals surface area contributed by atoms with Crippen LogP contribution in [0, 0.1) is 5.92 Å². The highest BCUT2D eigenvalue weighted by atomic mass is 32.2. The van der Waals surface area contributed by atoms with Crippen LogP contribution >= 0.6 is 11.3 Å². The number of nitrogens with zero attached hydrogens (tertiary/aromatic N) is 1. The first-order chi connectivity index (χ1) is 10.9. The molecule has 0 aliphatic rings. The normalized spacial score (nSPS) is 13.8. The monoisotopic (exact) mass is 360 g/mol. The van der Waals surface area contributed by atoms with Gasteiger partial charge in [0, 0.05) is 31.1 Å². The second-order valence-electron chi connectivity index (χ2n) is 5.56. The third-order valence-electron chi connectivity index (χ3n) is 3.05. The van der Waals surface area contributed by atoms with E-state index in [0.717, 1.165) is 25.5 Å². The molecule has 0 amide bonds. The zero-order valence-electron chi connectivity index (χ0n) is 14.1. The summed E-state index contributed by atoms with van der Waals surface area (Å²) < 4.78 is 24.4. The Balaban J connectivity index is 2.31. The van der Waals surface area contributed by atoms with E-state index in [1.807, 2.05) is 6.92 Å². The summed E-state index contributed by atoms with van der Waals surface area (Å²) in [4.78, 5) is 5.99. The molecule has 0 radical (unpaired) electrons. The largest absolute Gasteiger partial charge is 0.357 e. The van der Waals surface area contributed by atoms with Crippen molar-refractivity contribution < 1.29 is 8.42 Å². The third-order valence-corrected chi connectivity index (χ3v) is 4.67. The smallest absolute Gasteiger partial charge is 0.208 e. The van der Waals surface area contributed by atoms with Crippen molar-refractivity contribution in [3.05, 3.63) is 22.4 Å². The summed E-state index contributed by atoms with van der Waals surface area (Å²) in [5.74, 6) is 1.26. The van der Waals surface area contributed by atoms with Gasteiger partial charge in [0.2, 0.25) is 10.0 Å². The highest BCUT2D eigenvalue weighted by Crippen LogP contribution is 2.14. The summed E-state index contributed by atoms with van der Waals surface area (Å²) >= 11 is 1.78. The fraction of sp³-hybridized carbons (Fsp3) is 0.667. The topological polar surface area (TPSA) is 82.6 Å². The van der Waals surface area contributed by atoms with Gasteiger partial charge >= 0.3 is 0 Å². The maximum Gasteiger partial charge on any atom is 0.208 e. The molecule has 8 heteroatoms. The highest BCUT2D eigenvalue weighted by Gasteiger charge is 2.05. The molecule has 23 heavy (non-hydrogen) atoms. The zero-order chi connectivity index (χ0) is 17.1. The molecule has 1 rings (SSSR count). The molecule has 0 aliphatic heterocycles. The Labute approximate surface area is 143 Å². The molecule has 0 aromatic carbocycles. The van der Waals surface area contributed by atoms with Crippen molar-refractivity contribution in [1.82, 2.24) is 15.4 Å². The minimum Gasteiger partial charge on any atom is -0.357 e. The summed E-state index contributed by atoms with van der Waals surface area (Å²) in [5.41, 5.74) is 0. The van der Waals surface area contributed by atoms with Gasteiger partial charge in [-0.15, -0.1) is 11.3 Å². The minimum absolute atomic E-state index is 0.431. The van der Waals surface area contributed by atoms with Gasteiger partial charge in [-0.05, 0) is 37.1 Å². The number of thiophene rings is 1. The van der Waals surface area contributed by atoms with E-state index in [1.54, 1.807) is 11.3 Å². The van der Waals surface area contributed by atoms with Crippen molar-refractivity contribution in [2.75, 3.05) is 32.4 Å². The fourth-order valence-corrected chi connectivity index (χ4v) is 3.36. The minimum atomic E-state index is -3.10. The zero-order valence-corrected chi connectivity index (χ0v) is 15.8. The first kappa shape index (κ1) is 19.9. The lowest BCUT2D eigenvalue weighted by molar-refractivity contribution is 0.583. The van der Waals surface area contributed by atoms with E-state index < -0.39 is 10.0 Å². The summed E-state index contributed by atoms with van der Waals surface area (Å²) in [6, 6.07) is 4.23. The fourth-order valence-electron chi connectivity index (χ4n) is 1.98. The Kier molecular flexibility index (Phi) is 9.20. The molecule has 0 bridgehead atoms. The standard InChI is InChI=1S/C15H28N4O2S2/c1-4-16-15(17-8-6-9-19-23(3,20)21)18-12-13(2)11-14-7-5-10-22-14/h5,7,10,13,19H,4,6,8-9,11-12H2,1-3H3,(H2,16,17,18). The molecule has 0 aliphatic carbocycles. The predicted octanol–water partition coefficient (Wildman–Crippen LogP) is 1.42. The van der Waals surface area contributed by atoms with Gasteiger partial charge in [0.1, 0.15) is 0 Å². The van der Waals surface area contributed by atoms with Crippen LogP contribution in [0.15, 0.2) is 22.5 Å². The maximum absolute atomic E-state index is 11.0. The molecule has 1 unspecified atom stereocenters. The van der Waals surface area contributed by atoms with Gasteiger partial charge in [-0.25, -0.2) is 13.1 Å². The lowest BCUT2D eigenvalue weighted by Gasteiger charge is -2.13. The van der Waals surface area contributed by atoms with Crippen LogP contribution < -0.4 is 15.4 Å². The van der Waals surface area contributed by atoms with Crippen LogP contribution in [0.1, 0.15) is 25.1 Å². The van der Waals surface area contributed by atoms with Crippen molar-refractivity contribution >= 4 is 27.3 Å². The van der Waals surface area contributed by atoms with Crippen molar-refractivity contribution in [3.63, 3.8) is 0 Å². The van der Waals surface area contributed by atoms with Crippen LogP contribution in [0.3, 0.4) is 0 Å². The first-order valence-electron chi connectivity index (χ1n) is 7.90. The Morgan fingerprint density at radius 1 is 1.35 bits per heavy atom. The van der Waals surface area contributed by atoms with Crippen molar-refractivity contribution in [2.24, 2.45) is 10.9 Å². The average Bonchev–Trinajstić information content (AvgIpc) is 2.96. The highest BCUT2D eigenvalue weighted by molar-refractivity contribution is 7.88. The van der Waals surface area contributed by atoms with E-state index in [1.165, 1.54) is 11.1 Å². The molecule has 3 N–H and O–H groups in total. The summed E-state index contributed by atoms with van der Waals surface area (Å²) in [7, 11) is -3.10. The van der Waals surface area contributed by atoms with E-state index in [2.05, 4.69) is 44.8 Å². The Hall–Kier alpha value is -1.12. The third kappa shape index (κ3) is 10.3. The van der Waals surface area contributed by atoms with E-state index in [4.69, 9.17) is 0 Å². The molecule has 1 aromatic heterocycles. The number of hydrogen-bond donors (Lipinski definition) is 3. The summed E-state index contributed by atoms with van der Waals surface area (Å²) in [5, 5.41) is 8.53. The Bertz CT molecular complexity index is 556. The Morgan fingerprint density at radius 3 is 2.74 bits per heavy atom. The second kappa shape index (κ2) is 10.6. The molecule has 0 spiro atoms. The molecular formula is C15H28N4O2S2. The number of nitrogens with one attached hydrogen (secondary N) is 3. The number of sulfonamides is 1. The van der Waals surface area contributed by atoms with E-state index in [0.29, 0.717) is 25.4 Å². The van der Waals surface area contributed by atoms with Crippen LogP contribution in [-0.2, 0) is 16.4 Å². The predicted molar refractivity (Wildman–Crippen MR) is 98.6 cm³/mol. The average molecular weight is 361 g/mol. The molecule has 0 fully saturated rings. The van der Waals surface area contributed by atoms with E-state index in [9.17, 15) is 8.42 Å². The van der Waals surface area contributed by atoms with Gasteiger partial charge in [0.05, 0.1) is 6.26 Å². The van der Waals surface area contributed by atoms with Crippen LogP contribution in [0.2, 0.25) is 0 Å². The van der Waals surface area contributed by atoms with Crippen LogP contribution in [-0.4, -0.2) is 46.8 Å². The van der Waals surface area contributed by atoms with Crippen LogP contribution in [0.4, 0.5) is 0 Å². The van der Waals surface area contributed by atoms with Gasteiger partial charge in [0.25, 0.3) is 0 Å². The van der Waals surface area contributed by atoms with Gasteiger partial charge in [-0.1, -0.05) is 13.0 Å². The molecule has 6 nitrogen and oxygen atoms in total. The van der Waals surface area contributed by atoms with Gasteiger partial charge < -0.3 is 10.6 Å². The lowest BCUT2D eigenvalue weighted by Crippen LogP contribution is -2.39. The SMILES string of the molecule is CCNC(=NCC(C)Cc1cccs1)NCCCNS(C)(=O)=O. The number of aliphatic imine (C=N–C) groups is 1. The van der Waals surface area contributed by atoms with Crippen molar-refractivity contribution in [2.45, 2.75) is 26.7 Å². The molecule has 1 aromatic rings. The number of guanidine groups is 1. The maximum atomic E-state index is 11.0. The summed E-state index contributed by atoms with van der Waals surface area (Å²) in [6.45, 7) is 6.88. The van der Waals surface area contributed by atoms with Gasteiger partial charge in [-0.2, -0.15) is 0 Å². The first-order valence-corrected chi connectivity index (χ1v) is 10.7. The van der Waals surface area contributed by atoms with E-state index >= 15 is 0 Å². The second-order valence-corrected chi connectivity index (χ2v) is 8.42. The quantitative estimate of drug-likeness (QED) is 0.335. The summed E-state index contributed by atoms with van der Waals surface area (Å²) in [6.07, 6.45) is 2.92. The number of hydrogen-bond acceptors (Lipinski definition) is 4. The van der Waals surface area contributed by atoms with E-state index in [-0.39, 0.29) is 0 Å². The van der Waals surface area contributed by atoms with Crippen molar-refractivity contribution in [3.8, 4) is 0 Å².